The molecule has 0 aliphatic heterocycles. The van der Waals surface area contributed by atoms with Crippen molar-refractivity contribution in [2.75, 3.05) is 19.8 Å². The molecular formula is C27H35FN2O11. The molecule has 4 aliphatic carbocycles. The summed E-state index contributed by atoms with van der Waals surface area (Å²) in [5.41, 5.74) is -6.83. The van der Waals surface area contributed by atoms with E-state index in [0.717, 1.165) is 0 Å². The first-order chi connectivity index (χ1) is 19.1. The van der Waals surface area contributed by atoms with Crippen LogP contribution in [0.15, 0.2) is 23.8 Å². The van der Waals surface area contributed by atoms with Crippen molar-refractivity contribution < 1.29 is 53.5 Å². The van der Waals surface area contributed by atoms with Crippen molar-refractivity contribution in [3.05, 3.63) is 33.9 Å². The average Bonchev–Trinajstić information content (AvgIpc) is 3.11. The summed E-state index contributed by atoms with van der Waals surface area (Å²) in [5, 5.41) is 45.3. The predicted molar refractivity (Wildman–Crippen MR) is 136 cm³/mol. The van der Waals surface area contributed by atoms with Crippen molar-refractivity contribution in [1.29, 1.82) is 0 Å². The van der Waals surface area contributed by atoms with E-state index in [0.29, 0.717) is 12.0 Å². The standard InChI is InChI=1S/C27H35FN2O11/c1-24-8-7-16(31)10-15(24)5-6-17-18-11-19(32)27(37,25(18,2)12-20(33)26(17,24)28)21(34)14-40-23(36)13-29-22(35)4-3-9-41-30(38)39/h7-8,10,17-20,32-33,37H,3-6,9,11-14H2,1-2H3,(H,29,35)/t17?,18?,19-,20+,24+,25+,26+,27+/m1/s1. The predicted octanol–water partition coefficient (Wildman–Crippen LogP) is 0.276. The van der Waals surface area contributed by atoms with Gasteiger partial charge in [0.25, 0.3) is 5.09 Å². The number of amides is 1. The summed E-state index contributed by atoms with van der Waals surface area (Å²) < 4.78 is 22.1. The molecule has 0 aromatic rings. The zero-order chi connectivity index (χ0) is 30.4. The Morgan fingerprint density at radius 1 is 1.22 bits per heavy atom. The number of hydrogen-bond donors (Lipinski definition) is 4. The average molecular weight is 583 g/mol. The van der Waals surface area contributed by atoms with E-state index in [4.69, 9.17) is 4.74 Å². The number of ether oxygens (including phenoxy) is 1. The van der Waals surface area contributed by atoms with Crippen LogP contribution in [-0.4, -0.2) is 87.1 Å². The molecule has 4 N–H and O–H groups in total. The fourth-order valence-corrected chi connectivity index (χ4v) is 7.67. The lowest BCUT2D eigenvalue weighted by Crippen LogP contribution is -2.69. The van der Waals surface area contributed by atoms with Crippen molar-refractivity contribution >= 4 is 23.4 Å². The molecule has 0 bridgehead atoms. The van der Waals surface area contributed by atoms with Crippen LogP contribution in [0.5, 0.6) is 0 Å². The number of hydrogen-bond acceptors (Lipinski definition) is 11. The lowest BCUT2D eigenvalue weighted by atomic mass is 9.44. The Bertz CT molecular complexity index is 1210. The molecule has 3 saturated carbocycles. The number of esters is 1. The van der Waals surface area contributed by atoms with E-state index in [9.17, 15) is 44.6 Å². The van der Waals surface area contributed by atoms with Gasteiger partial charge in [-0.25, -0.2) is 4.39 Å². The van der Waals surface area contributed by atoms with E-state index in [2.05, 4.69) is 10.2 Å². The summed E-state index contributed by atoms with van der Waals surface area (Å²) in [5.74, 6) is -4.45. The van der Waals surface area contributed by atoms with Crippen LogP contribution >= 0.6 is 0 Å². The van der Waals surface area contributed by atoms with Crippen LogP contribution in [0, 0.1) is 32.8 Å². The molecule has 226 valence electrons. The van der Waals surface area contributed by atoms with Gasteiger partial charge in [0.05, 0.1) is 18.8 Å². The molecule has 13 nitrogen and oxygen atoms in total. The minimum atomic E-state index is -2.45. The summed E-state index contributed by atoms with van der Waals surface area (Å²) in [7, 11) is 0. The number of allylic oxidation sites excluding steroid dienone is 4. The molecule has 0 heterocycles. The largest absolute Gasteiger partial charge is 0.456 e. The monoisotopic (exact) mass is 582 g/mol. The van der Waals surface area contributed by atoms with Gasteiger partial charge in [0.15, 0.2) is 23.7 Å². The maximum atomic E-state index is 17.1. The van der Waals surface area contributed by atoms with Crippen LogP contribution < -0.4 is 5.32 Å². The van der Waals surface area contributed by atoms with E-state index in [1.165, 1.54) is 25.2 Å². The fraction of sp³-hybridized carbons (Fsp3) is 0.704. The maximum Gasteiger partial charge on any atom is 0.325 e. The number of aliphatic hydroxyl groups excluding tert-OH is 2. The molecule has 4 rings (SSSR count). The maximum absolute atomic E-state index is 17.1. The van der Waals surface area contributed by atoms with E-state index >= 15 is 4.39 Å². The quantitative estimate of drug-likeness (QED) is 0.119. The molecule has 8 atom stereocenters. The van der Waals surface area contributed by atoms with Crippen LogP contribution in [0.2, 0.25) is 0 Å². The first-order valence-electron chi connectivity index (χ1n) is 13.6. The van der Waals surface area contributed by atoms with Gasteiger partial charge >= 0.3 is 5.97 Å². The number of rotatable bonds is 10. The number of carbonyl (C=O) groups excluding carboxylic acids is 4. The molecule has 1 amide bonds. The first kappa shape index (κ1) is 30.7. The topological polar surface area (TPSA) is 203 Å². The molecule has 0 radical (unpaired) electrons. The molecule has 3 fully saturated rings. The molecular weight excluding hydrogens is 547 g/mol. The fourth-order valence-electron chi connectivity index (χ4n) is 7.67. The molecule has 0 aromatic heterocycles. The second-order valence-electron chi connectivity index (χ2n) is 11.8. The molecule has 41 heavy (non-hydrogen) atoms. The van der Waals surface area contributed by atoms with Gasteiger partial charge in [-0.15, -0.1) is 10.1 Å². The Kier molecular flexibility index (Phi) is 8.15. The van der Waals surface area contributed by atoms with Gasteiger partial charge in [0.1, 0.15) is 6.54 Å². The number of nitrogens with one attached hydrogen (secondary N) is 1. The van der Waals surface area contributed by atoms with Gasteiger partial charge in [-0.2, -0.15) is 0 Å². The van der Waals surface area contributed by atoms with E-state index in [1.54, 1.807) is 6.92 Å². The molecule has 0 aromatic carbocycles. The lowest BCUT2D eigenvalue weighted by Gasteiger charge is -2.62. The number of ketones is 2. The Hall–Kier alpha value is -3.23. The third-order valence-corrected chi connectivity index (χ3v) is 9.83. The molecule has 2 unspecified atom stereocenters. The van der Waals surface area contributed by atoms with Crippen molar-refractivity contribution in [2.24, 2.45) is 22.7 Å². The lowest BCUT2D eigenvalue weighted by molar-refractivity contribution is -0.757. The number of fused-ring (bicyclic) bond motifs is 5. The van der Waals surface area contributed by atoms with Crippen LogP contribution in [0.1, 0.15) is 52.4 Å². The SMILES string of the molecule is C[C@]12C=CC(=O)C=C1CCC1C3C[C@@H](O)[C@](O)(C(=O)COC(=O)CNC(=O)CCCO[N+](=O)[O-])[C@@]3(C)C[C@H](O)[C@@]12F. The molecule has 4 aliphatic rings. The van der Waals surface area contributed by atoms with Gasteiger partial charge in [-0.05, 0) is 57.1 Å². The Labute approximate surface area is 234 Å². The number of alkyl halides is 1. The molecule has 0 saturated heterocycles. The zero-order valence-corrected chi connectivity index (χ0v) is 22.8. The van der Waals surface area contributed by atoms with Crippen molar-refractivity contribution in [2.45, 2.75) is 75.9 Å². The van der Waals surface area contributed by atoms with E-state index in [-0.39, 0.29) is 44.5 Å². The summed E-state index contributed by atoms with van der Waals surface area (Å²) >= 11 is 0. The highest BCUT2D eigenvalue weighted by atomic mass is 19.1. The highest BCUT2D eigenvalue weighted by Gasteiger charge is 2.76. The van der Waals surface area contributed by atoms with Crippen LogP contribution in [-0.2, 0) is 28.8 Å². The summed E-state index contributed by atoms with van der Waals surface area (Å²) in [6.45, 7) is 1.30. The minimum Gasteiger partial charge on any atom is -0.456 e. The van der Waals surface area contributed by atoms with E-state index in [1.807, 2.05) is 0 Å². The van der Waals surface area contributed by atoms with Crippen LogP contribution in [0.3, 0.4) is 0 Å². The Morgan fingerprint density at radius 3 is 2.61 bits per heavy atom. The van der Waals surface area contributed by atoms with Gasteiger partial charge in [-0.3, -0.25) is 19.2 Å². The normalized spacial score (nSPS) is 39.1. The third-order valence-electron chi connectivity index (χ3n) is 9.83. The third kappa shape index (κ3) is 4.85. The molecule has 0 spiro atoms. The smallest absolute Gasteiger partial charge is 0.325 e. The Balaban J connectivity index is 1.42. The number of Topliss-reactive ketones (excluding diaryl/α,β-unsaturated/α-hetero) is 1. The number of aliphatic hydroxyl groups is 3. The van der Waals surface area contributed by atoms with E-state index < -0.39 is 82.0 Å². The van der Waals surface area contributed by atoms with Crippen molar-refractivity contribution in [3.63, 3.8) is 0 Å². The van der Waals surface area contributed by atoms with Gasteiger partial charge < -0.3 is 30.2 Å². The van der Waals surface area contributed by atoms with Crippen LogP contribution in [0.25, 0.3) is 0 Å². The highest BCUT2D eigenvalue weighted by molar-refractivity contribution is 6.01. The van der Waals surface area contributed by atoms with Crippen molar-refractivity contribution in [1.82, 2.24) is 5.32 Å². The van der Waals surface area contributed by atoms with Gasteiger partial charge in [-0.1, -0.05) is 18.6 Å². The summed E-state index contributed by atoms with van der Waals surface area (Å²) in [6, 6.07) is 0. The minimum absolute atomic E-state index is 0.0309. The molecule has 14 heteroatoms. The highest BCUT2D eigenvalue weighted by Crippen LogP contribution is 2.69. The van der Waals surface area contributed by atoms with Gasteiger partial charge in [0, 0.05) is 23.2 Å². The number of halogens is 1. The van der Waals surface area contributed by atoms with Crippen LogP contribution in [0.4, 0.5) is 4.39 Å². The zero-order valence-electron chi connectivity index (χ0n) is 22.8. The van der Waals surface area contributed by atoms with Gasteiger partial charge in [0.2, 0.25) is 11.7 Å². The van der Waals surface area contributed by atoms with Crippen molar-refractivity contribution in [3.8, 4) is 0 Å². The summed E-state index contributed by atoms with van der Waals surface area (Å²) in [6.07, 6.45) is 0.883. The number of nitrogens with zero attached hydrogens (tertiary/aromatic N) is 1. The Morgan fingerprint density at radius 2 is 1.93 bits per heavy atom. The number of carbonyl (C=O) groups is 4. The second kappa shape index (κ2) is 10.9. The second-order valence-corrected chi connectivity index (χ2v) is 11.8. The summed E-state index contributed by atoms with van der Waals surface area (Å²) in [4.78, 5) is 63.4. The first-order valence-corrected chi connectivity index (χ1v) is 13.6.